The lowest BCUT2D eigenvalue weighted by molar-refractivity contribution is 0.178. The molecular weight excluding hydrogens is 220 g/mol. The highest BCUT2D eigenvalue weighted by Gasteiger charge is 2.09. The lowest BCUT2D eigenvalue weighted by atomic mass is 9.97. The number of hydrogen-bond donors (Lipinski definition) is 1. The first kappa shape index (κ1) is 12.8. The van der Waals surface area contributed by atoms with Crippen molar-refractivity contribution in [2.24, 2.45) is 0 Å². The SMILES string of the molecule is Cc1cccc(CC(O)c2ccc(C)c(C)c2)c1. The lowest BCUT2D eigenvalue weighted by Crippen LogP contribution is -2.02. The summed E-state index contributed by atoms with van der Waals surface area (Å²) in [6, 6.07) is 14.5. The van der Waals surface area contributed by atoms with Gasteiger partial charge < -0.3 is 5.11 Å². The summed E-state index contributed by atoms with van der Waals surface area (Å²) in [6.45, 7) is 6.25. The minimum absolute atomic E-state index is 0.425. The minimum atomic E-state index is -0.425. The van der Waals surface area contributed by atoms with Gasteiger partial charge in [-0.25, -0.2) is 0 Å². The topological polar surface area (TPSA) is 20.2 Å². The molecule has 0 aliphatic rings. The van der Waals surface area contributed by atoms with Crippen LogP contribution in [0.2, 0.25) is 0 Å². The summed E-state index contributed by atoms with van der Waals surface area (Å²) < 4.78 is 0. The number of hydrogen-bond acceptors (Lipinski definition) is 1. The van der Waals surface area contributed by atoms with E-state index in [9.17, 15) is 5.11 Å². The van der Waals surface area contributed by atoms with Gasteiger partial charge in [0.15, 0.2) is 0 Å². The Kier molecular flexibility index (Phi) is 3.83. The van der Waals surface area contributed by atoms with Gasteiger partial charge in [-0.05, 0) is 43.0 Å². The molecule has 2 rings (SSSR count). The third kappa shape index (κ3) is 2.99. The lowest BCUT2D eigenvalue weighted by Gasteiger charge is -2.13. The van der Waals surface area contributed by atoms with Crippen LogP contribution in [0.3, 0.4) is 0 Å². The van der Waals surface area contributed by atoms with Crippen molar-refractivity contribution in [3.8, 4) is 0 Å². The van der Waals surface area contributed by atoms with Gasteiger partial charge in [0.1, 0.15) is 0 Å². The van der Waals surface area contributed by atoms with E-state index in [0.717, 1.165) is 5.56 Å². The van der Waals surface area contributed by atoms with Gasteiger partial charge in [0.25, 0.3) is 0 Å². The van der Waals surface area contributed by atoms with Gasteiger partial charge in [0, 0.05) is 6.42 Å². The van der Waals surface area contributed by atoms with E-state index in [4.69, 9.17) is 0 Å². The zero-order valence-electron chi connectivity index (χ0n) is 11.3. The van der Waals surface area contributed by atoms with Gasteiger partial charge >= 0.3 is 0 Å². The smallest absolute Gasteiger partial charge is 0.0830 e. The summed E-state index contributed by atoms with van der Waals surface area (Å²) in [5.74, 6) is 0. The van der Waals surface area contributed by atoms with Crippen LogP contribution in [-0.4, -0.2) is 5.11 Å². The zero-order chi connectivity index (χ0) is 13.1. The molecule has 0 radical (unpaired) electrons. The van der Waals surface area contributed by atoms with Crippen LogP contribution >= 0.6 is 0 Å². The molecule has 0 spiro atoms. The summed E-state index contributed by atoms with van der Waals surface area (Å²) >= 11 is 0. The first-order valence-electron chi connectivity index (χ1n) is 6.37. The van der Waals surface area contributed by atoms with Gasteiger partial charge in [0.05, 0.1) is 6.10 Å². The Morgan fingerprint density at radius 3 is 2.39 bits per heavy atom. The number of benzene rings is 2. The Morgan fingerprint density at radius 1 is 0.944 bits per heavy atom. The van der Waals surface area contributed by atoms with Crippen molar-refractivity contribution in [2.75, 3.05) is 0 Å². The molecule has 0 fully saturated rings. The average molecular weight is 240 g/mol. The second-order valence-electron chi connectivity index (χ2n) is 5.05. The Balaban J connectivity index is 2.16. The molecule has 0 bridgehead atoms. The monoisotopic (exact) mass is 240 g/mol. The molecule has 0 amide bonds. The van der Waals surface area contributed by atoms with Gasteiger partial charge in [-0.3, -0.25) is 0 Å². The molecule has 0 aromatic heterocycles. The van der Waals surface area contributed by atoms with Crippen molar-refractivity contribution in [1.82, 2.24) is 0 Å². The molecule has 1 nitrogen and oxygen atoms in total. The van der Waals surface area contributed by atoms with Gasteiger partial charge in [0.2, 0.25) is 0 Å². The number of aliphatic hydroxyl groups excluding tert-OH is 1. The Bertz CT molecular complexity index is 543. The normalized spacial score (nSPS) is 12.4. The molecule has 0 aliphatic carbocycles. The van der Waals surface area contributed by atoms with Crippen LogP contribution < -0.4 is 0 Å². The van der Waals surface area contributed by atoms with E-state index in [2.05, 4.69) is 51.1 Å². The third-order valence-corrected chi connectivity index (χ3v) is 3.43. The summed E-state index contributed by atoms with van der Waals surface area (Å²) in [5.41, 5.74) is 5.91. The Labute approximate surface area is 109 Å². The maximum Gasteiger partial charge on any atom is 0.0830 e. The molecule has 1 N–H and O–H groups in total. The fraction of sp³-hybridized carbons (Fsp3) is 0.294. The van der Waals surface area contributed by atoms with Crippen LogP contribution in [0.25, 0.3) is 0 Å². The second kappa shape index (κ2) is 5.36. The second-order valence-corrected chi connectivity index (χ2v) is 5.05. The highest BCUT2D eigenvalue weighted by molar-refractivity contribution is 5.32. The van der Waals surface area contributed by atoms with E-state index < -0.39 is 6.10 Å². The molecule has 2 aromatic rings. The third-order valence-electron chi connectivity index (χ3n) is 3.43. The van der Waals surface area contributed by atoms with E-state index in [1.54, 1.807) is 0 Å². The molecule has 2 aromatic carbocycles. The van der Waals surface area contributed by atoms with E-state index in [0.29, 0.717) is 6.42 Å². The standard InChI is InChI=1S/C17H20O/c1-12-5-4-6-15(9-12)11-17(18)16-8-7-13(2)14(3)10-16/h4-10,17-18H,11H2,1-3H3. The number of rotatable bonds is 3. The Hall–Kier alpha value is -1.60. The van der Waals surface area contributed by atoms with Crippen molar-refractivity contribution < 1.29 is 5.11 Å². The molecular formula is C17H20O. The van der Waals surface area contributed by atoms with Crippen molar-refractivity contribution >= 4 is 0 Å². The summed E-state index contributed by atoms with van der Waals surface area (Å²) in [7, 11) is 0. The minimum Gasteiger partial charge on any atom is -0.388 e. The quantitative estimate of drug-likeness (QED) is 0.863. The fourth-order valence-electron chi connectivity index (χ4n) is 2.15. The van der Waals surface area contributed by atoms with Crippen LogP contribution in [0.15, 0.2) is 42.5 Å². The molecule has 1 unspecified atom stereocenters. The van der Waals surface area contributed by atoms with E-state index in [1.165, 1.54) is 22.3 Å². The first-order chi connectivity index (χ1) is 8.56. The van der Waals surface area contributed by atoms with Crippen molar-refractivity contribution in [3.63, 3.8) is 0 Å². The summed E-state index contributed by atoms with van der Waals surface area (Å²) in [5, 5.41) is 10.3. The van der Waals surface area contributed by atoms with Crippen LogP contribution in [0.1, 0.15) is 33.9 Å². The molecule has 0 heterocycles. The molecule has 94 valence electrons. The van der Waals surface area contributed by atoms with E-state index in [1.807, 2.05) is 12.1 Å². The van der Waals surface area contributed by atoms with Crippen LogP contribution in [-0.2, 0) is 6.42 Å². The van der Waals surface area contributed by atoms with Crippen LogP contribution in [0.5, 0.6) is 0 Å². The highest BCUT2D eigenvalue weighted by Crippen LogP contribution is 2.21. The van der Waals surface area contributed by atoms with Crippen molar-refractivity contribution in [3.05, 3.63) is 70.3 Å². The predicted octanol–water partition coefficient (Wildman–Crippen LogP) is 3.89. The summed E-state index contributed by atoms with van der Waals surface area (Å²) in [6.07, 6.45) is 0.246. The van der Waals surface area contributed by atoms with Gasteiger partial charge in [-0.15, -0.1) is 0 Å². The van der Waals surface area contributed by atoms with Crippen LogP contribution in [0.4, 0.5) is 0 Å². The molecule has 0 saturated heterocycles. The molecule has 1 heteroatoms. The summed E-state index contributed by atoms with van der Waals surface area (Å²) in [4.78, 5) is 0. The van der Waals surface area contributed by atoms with E-state index >= 15 is 0 Å². The van der Waals surface area contributed by atoms with Crippen molar-refractivity contribution in [1.29, 1.82) is 0 Å². The zero-order valence-corrected chi connectivity index (χ0v) is 11.3. The van der Waals surface area contributed by atoms with Gasteiger partial charge in [-0.2, -0.15) is 0 Å². The number of aryl methyl sites for hydroxylation is 3. The van der Waals surface area contributed by atoms with Crippen LogP contribution in [0, 0.1) is 20.8 Å². The molecule has 0 aliphatic heterocycles. The maximum atomic E-state index is 10.3. The first-order valence-corrected chi connectivity index (χ1v) is 6.37. The largest absolute Gasteiger partial charge is 0.388 e. The maximum absolute atomic E-state index is 10.3. The highest BCUT2D eigenvalue weighted by atomic mass is 16.3. The van der Waals surface area contributed by atoms with E-state index in [-0.39, 0.29) is 0 Å². The van der Waals surface area contributed by atoms with Gasteiger partial charge in [-0.1, -0.05) is 48.0 Å². The van der Waals surface area contributed by atoms with Crippen molar-refractivity contribution in [2.45, 2.75) is 33.3 Å². The average Bonchev–Trinajstić information content (AvgIpc) is 2.32. The number of aliphatic hydroxyl groups is 1. The molecule has 0 saturated carbocycles. The molecule has 1 atom stereocenters. The fourth-order valence-corrected chi connectivity index (χ4v) is 2.15. The predicted molar refractivity (Wildman–Crippen MR) is 75.8 cm³/mol. The molecule has 18 heavy (non-hydrogen) atoms. The Morgan fingerprint density at radius 2 is 1.72 bits per heavy atom.